The molecule has 0 bridgehead atoms. The van der Waals surface area contributed by atoms with Gasteiger partial charge in [0.2, 0.25) is 5.91 Å². The molecule has 6 nitrogen and oxygen atoms in total. The maximum absolute atomic E-state index is 12.3. The smallest absolute Gasteiger partial charge is 0.299 e. The van der Waals surface area contributed by atoms with Crippen LogP contribution >= 0.6 is 34.3 Å². The van der Waals surface area contributed by atoms with E-state index in [0.717, 1.165) is 5.56 Å². The second-order valence-electron chi connectivity index (χ2n) is 5.04. The molecule has 2 heterocycles. The van der Waals surface area contributed by atoms with Crippen LogP contribution in [-0.4, -0.2) is 21.4 Å². The Morgan fingerprint density at radius 1 is 1.32 bits per heavy atom. The van der Waals surface area contributed by atoms with Gasteiger partial charge in [0, 0.05) is 28.9 Å². The summed E-state index contributed by atoms with van der Waals surface area (Å²) < 4.78 is 1.85. The highest BCUT2D eigenvalue weighted by molar-refractivity contribution is 7.14. The molecule has 0 fully saturated rings. The molecule has 1 N–H and O–H groups in total. The van der Waals surface area contributed by atoms with E-state index < -0.39 is 5.91 Å². The van der Waals surface area contributed by atoms with Crippen LogP contribution in [0.15, 0.2) is 46.2 Å². The lowest BCUT2D eigenvalue weighted by Gasteiger charge is -2.05. The van der Waals surface area contributed by atoms with Crippen LogP contribution in [0.25, 0.3) is 0 Å². The van der Waals surface area contributed by atoms with E-state index in [1.807, 2.05) is 40.4 Å². The SMILES string of the molecule is CC(=O)Nc1nc(C(=O)N=c2sccn2Cc2ccccc2Cl)cs1. The van der Waals surface area contributed by atoms with Crippen molar-refractivity contribution in [3.05, 3.63) is 62.3 Å². The molecule has 3 aromatic rings. The lowest BCUT2D eigenvalue weighted by atomic mass is 10.2. The number of carbonyl (C=O) groups excluding carboxylic acids is 2. The first-order valence-electron chi connectivity index (χ1n) is 7.22. The lowest BCUT2D eigenvalue weighted by molar-refractivity contribution is -0.114. The van der Waals surface area contributed by atoms with Crippen molar-refractivity contribution in [2.75, 3.05) is 5.32 Å². The van der Waals surface area contributed by atoms with Crippen LogP contribution in [-0.2, 0) is 11.3 Å². The van der Waals surface area contributed by atoms with Crippen LogP contribution in [0, 0.1) is 0 Å². The zero-order valence-corrected chi connectivity index (χ0v) is 15.5. The second kappa shape index (κ2) is 7.73. The van der Waals surface area contributed by atoms with Crippen LogP contribution < -0.4 is 10.1 Å². The highest BCUT2D eigenvalue weighted by Gasteiger charge is 2.11. The number of aromatic nitrogens is 2. The first-order chi connectivity index (χ1) is 12.0. The van der Waals surface area contributed by atoms with Gasteiger partial charge in [-0.2, -0.15) is 4.99 Å². The molecule has 0 atom stereocenters. The summed E-state index contributed by atoms with van der Waals surface area (Å²) in [5.41, 5.74) is 1.14. The number of benzene rings is 1. The number of hydrogen-bond donors (Lipinski definition) is 1. The number of anilines is 1. The number of hydrogen-bond acceptors (Lipinski definition) is 5. The fraction of sp³-hybridized carbons (Fsp3) is 0.125. The van der Waals surface area contributed by atoms with Gasteiger partial charge in [0.1, 0.15) is 5.69 Å². The fourth-order valence-electron chi connectivity index (χ4n) is 2.04. The Kier molecular flexibility index (Phi) is 5.42. The predicted molar refractivity (Wildman–Crippen MR) is 99.2 cm³/mol. The standard InChI is InChI=1S/C16H13ClN4O2S2/c1-10(22)18-15-19-13(9-25-15)14(23)20-16-21(6-7-24-16)8-11-4-2-3-5-12(11)17/h2-7,9H,8H2,1H3,(H,18,19,22). The number of halogens is 1. The molecule has 128 valence electrons. The third-order valence-electron chi connectivity index (χ3n) is 3.16. The fourth-order valence-corrected chi connectivity index (χ4v) is 3.69. The van der Waals surface area contributed by atoms with Crippen molar-refractivity contribution in [1.82, 2.24) is 9.55 Å². The van der Waals surface area contributed by atoms with Crippen LogP contribution in [0.5, 0.6) is 0 Å². The molecule has 9 heteroatoms. The quantitative estimate of drug-likeness (QED) is 0.739. The number of nitrogens with one attached hydrogen (secondary N) is 1. The number of carbonyl (C=O) groups is 2. The third kappa shape index (κ3) is 4.41. The molecule has 25 heavy (non-hydrogen) atoms. The summed E-state index contributed by atoms with van der Waals surface area (Å²) in [4.78, 5) is 32.1. The Hall–Kier alpha value is -2.29. The van der Waals surface area contributed by atoms with Crippen molar-refractivity contribution in [1.29, 1.82) is 0 Å². The van der Waals surface area contributed by atoms with Crippen molar-refractivity contribution >= 4 is 51.2 Å². The van der Waals surface area contributed by atoms with Crippen molar-refractivity contribution in [3.63, 3.8) is 0 Å². The van der Waals surface area contributed by atoms with Crippen LogP contribution in [0.1, 0.15) is 23.0 Å². The lowest BCUT2D eigenvalue weighted by Crippen LogP contribution is -2.17. The van der Waals surface area contributed by atoms with Gasteiger partial charge in [-0.25, -0.2) is 4.98 Å². The Bertz CT molecular complexity index is 990. The largest absolute Gasteiger partial charge is 0.319 e. The highest BCUT2D eigenvalue weighted by Crippen LogP contribution is 2.17. The van der Waals surface area contributed by atoms with Gasteiger partial charge in [-0.3, -0.25) is 9.59 Å². The monoisotopic (exact) mass is 392 g/mol. The molecule has 0 unspecified atom stereocenters. The van der Waals surface area contributed by atoms with E-state index in [1.54, 1.807) is 5.38 Å². The molecular formula is C16H13ClN4O2S2. The van der Waals surface area contributed by atoms with E-state index in [1.165, 1.54) is 29.6 Å². The Labute approximate surface area is 156 Å². The third-order valence-corrected chi connectivity index (χ3v) is 5.08. The molecule has 0 spiro atoms. The molecule has 0 saturated heterocycles. The summed E-state index contributed by atoms with van der Waals surface area (Å²) in [6.07, 6.45) is 1.85. The van der Waals surface area contributed by atoms with Gasteiger partial charge in [-0.1, -0.05) is 29.8 Å². The number of nitrogens with zero attached hydrogens (tertiary/aromatic N) is 3. The zero-order chi connectivity index (χ0) is 17.8. The van der Waals surface area contributed by atoms with Gasteiger partial charge < -0.3 is 9.88 Å². The molecule has 0 aliphatic heterocycles. The minimum absolute atomic E-state index is 0.200. The van der Waals surface area contributed by atoms with Crippen LogP contribution in [0.4, 0.5) is 5.13 Å². The van der Waals surface area contributed by atoms with E-state index in [-0.39, 0.29) is 11.6 Å². The van der Waals surface area contributed by atoms with E-state index in [4.69, 9.17) is 11.6 Å². The average molecular weight is 393 g/mol. The molecule has 0 radical (unpaired) electrons. The highest BCUT2D eigenvalue weighted by atomic mass is 35.5. The van der Waals surface area contributed by atoms with Gasteiger partial charge in [0.15, 0.2) is 9.93 Å². The Morgan fingerprint density at radius 3 is 2.88 bits per heavy atom. The van der Waals surface area contributed by atoms with Crippen molar-refractivity contribution in [2.45, 2.75) is 13.5 Å². The summed E-state index contributed by atoms with van der Waals surface area (Å²) in [7, 11) is 0. The maximum Gasteiger partial charge on any atom is 0.299 e. The Morgan fingerprint density at radius 2 is 2.12 bits per heavy atom. The predicted octanol–water partition coefficient (Wildman–Crippen LogP) is 3.41. The van der Waals surface area contributed by atoms with Gasteiger partial charge in [0.05, 0.1) is 6.54 Å². The minimum Gasteiger partial charge on any atom is -0.319 e. The number of amides is 2. The zero-order valence-electron chi connectivity index (χ0n) is 13.1. The molecule has 2 amide bonds. The summed E-state index contributed by atoms with van der Waals surface area (Å²) in [6, 6.07) is 7.53. The number of rotatable bonds is 4. The first-order valence-corrected chi connectivity index (χ1v) is 9.36. The average Bonchev–Trinajstić information content (AvgIpc) is 3.19. The first kappa shape index (κ1) is 17.5. The summed E-state index contributed by atoms with van der Waals surface area (Å²) >= 11 is 8.73. The second-order valence-corrected chi connectivity index (χ2v) is 7.18. The van der Waals surface area contributed by atoms with E-state index in [0.29, 0.717) is 21.5 Å². The van der Waals surface area contributed by atoms with E-state index in [9.17, 15) is 9.59 Å². The van der Waals surface area contributed by atoms with Crippen molar-refractivity contribution < 1.29 is 9.59 Å². The summed E-state index contributed by atoms with van der Waals surface area (Å²) in [5.74, 6) is -0.690. The molecule has 1 aromatic carbocycles. The van der Waals surface area contributed by atoms with Gasteiger partial charge in [0.25, 0.3) is 5.91 Å². The van der Waals surface area contributed by atoms with Crippen molar-refractivity contribution in [3.8, 4) is 0 Å². The maximum atomic E-state index is 12.3. The van der Waals surface area contributed by atoms with Crippen molar-refractivity contribution in [2.24, 2.45) is 4.99 Å². The molecule has 0 aliphatic carbocycles. The molecule has 0 aliphatic rings. The van der Waals surface area contributed by atoms with Gasteiger partial charge >= 0.3 is 0 Å². The normalized spacial score (nSPS) is 11.5. The van der Waals surface area contributed by atoms with E-state index >= 15 is 0 Å². The van der Waals surface area contributed by atoms with Crippen LogP contribution in [0.3, 0.4) is 0 Å². The van der Waals surface area contributed by atoms with Gasteiger partial charge in [-0.05, 0) is 11.6 Å². The number of thiazole rings is 2. The molecule has 0 saturated carbocycles. The molecular weight excluding hydrogens is 380 g/mol. The summed E-state index contributed by atoms with van der Waals surface area (Å²) in [5, 5.41) is 7.01. The molecule has 2 aromatic heterocycles. The Balaban J connectivity index is 1.83. The van der Waals surface area contributed by atoms with E-state index in [2.05, 4.69) is 15.3 Å². The van der Waals surface area contributed by atoms with Gasteiger partial charge in [-0.15, -0.1) is 22.7 Å². The minimum atomic E-state index is -0.455. The molecule has 3 rings (SSSR count). The summed E-state index contributed by atoms with van der Waals surface area (Å²) in [6.45, 7) is 1.90. The topological polar surface area (TPSA) is 76.3 Å². The van der Waals surface area contributed by atoms with Crippen LogP contribution in [0.2, 0.25) is 5.02 Å².